The van der Waals surface area contributed by atoms with Gasteiger partial charge in [-0.05, 0) is 24.3 Å². The van der Waals surface area contributed by atoms with E-state index in [0.717, 1.165) is 16.7 Å². The van der Waals surface area contributed by atoms with Gasteiger partial charge in [0.05, 0.1) is 22.9 Å². The fourth-order valence-electron chi connectivity index (χ4n) is 1.80. The molecule has 0 amide bonds. The summed E-state index contributed by atoms with van der Waals surface area (Å²) in [6.07, 6.45) is 3.35. The quantitative estimate of drug-likeness (QED) is 0.716. The van der Waals surface area contributed by atoms with Gasteiger partial charge >= 0.3 is 5.69 Å². The maximum absolute atomic E-state index is 11.8. The van der Waals surface area contributed by atoms with Gasteiger partial charge in [0.1, 0.15) is 0 Å². The molecule has 0 bridgehead atoms. The fourth-order valence-corrected chi connectivity index (χ4v) is 1.80. The van der Waals surface area contributed by atoms with Crippen LogP contribution in [0.15, 0.2) is 53.6 Å². The number of rotatable bonds is 1. The van der Waals surface area contributed by atoms with E-state index in [0.29, 0.717) is 0 Å². The van der Waals surface area contributed by atoms with Crippen molar-refractivity contribution < 1.29 is 0 Å². The van der Waals surface area contributed by atoms with E-state index in [4.69, 9.17) is 0 Å². The third kappa shape index (κ3) is 1.83. The number of fused-ring (bicyclic) bond motifs is 1. The molecule has 1 N–H and O–H groups in total. The maximum Gasteiger partial charge on any atom is 0.331 e. The zero-order valence-electron chi connectivity index (χ0n) is 8.83. The number of nitrogens with one attached hydrogen (secondary N) is 1. The van der Waals surface area contributed by atoms with Crippen LogP contribution in [-0.4, -0.2) is 14.5 Å². The molecule has 0 fully saturated rings. The van der Waals surface area contributed by atoms with E-state index in [1.807, 2.05) is 36.4 Å². The Labute approximate surface area is 103 Å². The summed E-state index contributed by atoms with van der Waals surface area (Å²) in [5, 5.41) is 0. The molecule has 0 spiro atoms. The Hall–Kier alpha value is -2.07. The third-order valence-electron chi connectivity index (χ3n) is 2.49. The molecule has 5 heteroatoms. The normalized spacial score (nSPS) is 10.1. The largest absolute Gasteiger partial charge is 0.331 e. The SMILES string of the molecule is Cl.O=c1[nH]c2ccccc2n1-c1cccnc1. The van der Waals surface area contributed by atoms with E-state index in [9.17, 15) is 4.79 Å². The number of H-pyrrole nitrogens is 1. The second-order valence-corrected chi connectivity index (χ2v) is 3.49. The van der Waals surface area contributed by atoms with Crippen molar-refractivity contribution in [2.75, 3.05) is 0 Å². The molecule has 86 valence electrons. The number of benzene rings is 1. The van der Waals surface area contributed by atoms with Gasteiger partial charge in [-0.1, -0.05) is 12.1 Å². The lowest BCUT2D eigenvalue weighted by molar-refractivity contribution is 1.00. The Kier molecular flexibility index (Phi) is 2.97. The topological polar surface area (TPSA) is 50.7 Å². The van der Waals surface area contributed by atoms with E-state index < -0.39 is 0 Å². The second kappa shape index (κ2) is 4.43. The van der Waals surface area contributed by atoms with Crippen LogP contribution >= 0.6 is 12.4 Å². The molecule has 4 nitrogen and oxygen atoms in total. The van der Waals surface area contributed by atoms with Gasteiger partial charge in [-0.3, -0.25) is 9.55 Å². The number of pyridine rings is 1. The number of hydrogen-bond acceptors (Lipinski definition) is 2. The van der Waals surface area contributed by atoms with Crippen LogP contribution in [0.5, 0.6) is 0 Å². The van der Waals surface area contributed by atoms with Crippen LogP contribution in [0.3, 0.4) is 0 Å². The Morgan fingerprint density at radius 1 is 1.12 bits per heavy atom. The highest BCUT2D eigenvalue weighted by molar-refractivity contribution is 5.85. The Morgan fingerprint density at radius 3 is 2.71 bits per heavy atom. The number of imidazole rings is 1. The van der Waals surface area contributed by atoms with E-state index in [-0.39, 0.29) is 18.1 Å². The second-order valence-electron chi connectivity index (χ2n) is 3.49. The van der Waals surface area contributed by atoms with Crippen molar-refractivity contribution >= 4 is 23.4 Å². The summed E-state index contributed by atoms with van der Waals surface area (Å²) in [7, 11) is 0. The molecule has 2 heterocycles. The highest BCUT2D eigenvalue weighted by atomic mass is 35.5. The van der Waals surface area contributed by atoms with Gasteiger partial charge < -0.3 is 4.98 Å². The standard InChI is InChI=1S/C12H9N3O.ClH/c16-12-14-10-5-1-2-6-11(10)15(12)9-4-3-7-13-8-9;/h1-8H,(H,14,16);1H. The van der Waals surface area contributed by atoms with E-state index >= 15 is 0 Å². The summed E-state index contributed by atoms with van der Waals surface area (Å²) in [5.41, 5.74) is 2.32. The molecule has 0 radical (unpaired) electrons. The van der Waals surface area contributed by atoms with Crippen molar-refractivity contribution in [2.45, 2.75) is 0 Å². The first kappa shape index (κ1) is 11.4. The minimum atomic E-state index is -0.144. The summed E-state index contributed by atoms with van der Waals surface area (Å²) in [6.45, 7) is 0. The van der Waals surface area contributed by atoms with Crippen LogP contribution in [-0.2, 0) is 0 Å². The molecule has 2 aromatic heterocycles. The maximum atomic E-state index is 11.8. The molecular weight excluding hydrogens is 238 g/mol. The van der Waals surface area contributed by atoms with Crippen LogP contribution in [0.25, 0.3) is 16.7 Å². The monoisotopic (exact) mass is 247 g/mol. The molecule has 0 unspecified atom stereocenters. The summed E-state index contributed by atoms with van der Waals surface area (Å²) >= 11 is 0. The first-order chi connectivity index (χ1) is 7.86. The first-order valence-electron chi connectivity index (χ1n) is 4.96. The Bertz CT molecular complexity index is 688. The van der Waals surface area contributed by atoms with Crippen molar-refractivity contribution in [1.82, 2.24) is 14.5 Å². The zero-order chi connectivity index (χ0) is 11.0. The predicted molar refractivity (Wildman–Crippen MR) is 68.9 cm³/mol. The van der Waals surface area contributed by atoms with Crippen LogP contribution in [0.2, 0.25) is 0 Å². The van der Waals surface area contributed by atoms with Crippen molar-refractivity contribution in [1.29, 1.82) is 0 Å². The number of halogens is 1. The average molecular weight is 248 g/mol. The van der Waals surface area contributed by atoms with Gasteiger partial charge in [-0.25, -0.2) is 4.79 Å². The van der Waals surface area contributed by atoms with Crippen LogP contribution in [0.4, 0.5) is 0 Å². The van der Waals surface area contributed by atoms with Gasteiger partial charge in [-0.15, -0.1) is 12.4 Å². The van der Waals surface area contributed by atoms with E-state index in [1.54, 1.807) is 17.0 Å². The zero-order valence-corrected chi connectivity index (χ0v) is 9.65. The number of aromatic nitrogens is 3. The van der Waals surface area contributed by atoms with Crippen molar-refractivity contribution in [3.63, 3.8) is 0 Å². The lowest BCUT2D eigenvalue weighted by atomic mass is 10.3. The summed E-state index contributed by atoms with van der Waals surface area (Å²) in [5.74, 6) is 0. The first-order valence-corrected chi connectivity index (χ1v) is 4.96. The van der Waals surface area contributed by atoms with Crippen LogP contribution in [0, 0.1) is 0 Å². The van der Waals surface area contributed by atoms with Gasteiger partial charge in [0.2, 0.25) is 0 Å². The molecular formula is C12H10ClN3O. The van der Waals surface area contributed by atoms with Gasteiger partial charge in [0.15, 0.2) is 0 Å². The molecule has 0 aliphatic carbocycles. The molecule has 0 saturated carbocycles. The Morgan fingerprint density at radius 2 is 1.94 bits per heavy atom. The van der Waals surface area contributed by atoms with Crippen LogP contribution in [0.1, 0.15) is 0 Å². The van der Waals surface area contributed by atoms with Gasteiger partial charge in [0.25, 0.3) is 0 Å². The molecule has 17 heavy (non-hydrogen) atoms. The summed E-state index contributed by atoms with van der Waals surface area (Å²) in [6, 6.07) is 11.2. The molecule has 0 aliphatic heterocycles. The third-order valence-corrected chi connectivity index (χ3v) is 2.49. The smallest absolute Gasteiger partial charge is 0.305 e. The molecule has 0 aliphatic rings. The number of para-hydroxylation sites is 2. The molecule has 1 aromatic carbocycles. The van der Waals surface area contributed by atoms with E-state index in [2.05, 4.69) is 9.97 Å². The lowest BCUT2D eigenvalue weighted by Gasteiger charge is -2.01. The van der Waals surface area contributed by atoms with Gasteiger partial charge in [-0.2, -0.15) is 0 Å². The van der Waals surface area contributed by atoms with Gasteiger partial charge in [0, 0.05) is 6.20 Å². The predicted octanol–water partition coefficient (Wildman–Crippen LogP) is 2.14. The highest BCUT2D eigenvalue weighted by Crippen LogP contribution is 2.13. The van der Waals surface area contributed by atoms with Crippen LogP contribution < -0.4 is 5.69 Å². The van der Waals surface area contributed by atoms with Crippen molar-refractivity contribution in [2.24, 2.45) is 0 Å². The molecule has 0 atom stereocenters. The molecule has 3 aromatic rings. The number of aromatic amines is 1. The number of nitrogens with zero attached hydrogens (tertiary/aromatic N) is 2. The molecule has 3 rings (SSSR count). The lowest BCUT2D eigenvalue weighted by Crippen LogP contribution is -2.14. The summed E-state index contributed by atoms with van der Waals surface area (Å²) < 4.78 is 1.61. The minimum absolute atomic E-state index is 0. The average Bonchev–Trinajstić information content (AvgIpc) is 2.66. The minimum Gasteiger partial charge on any atom is -0.305 e. The van der Waals surface area contributed by atoms with Crippen molar-refractivity contribution in [3.8, 4) is 5.69 Å². The highest BCUT2D eigenvalue weighted by Gasteiger charge is 2.06. The summed E-state index contributed by atoms with van der Waals surface area (Å²) in [4.78, 5) is 18.6. The number of hydrogen-bond donors (Lipinski definition) is 1. The molecule has 0 saturated heterocycles. The Balaban J connectivity index is 0.00000108. The van der Waals surface area contributed by atoms with Crippen molar-refractivity contribution in [3.05, 3.63) is 59.3 Å². The fraction of sp³-hybridized carbons (Fsp3) is 0. The van der Waals surface area contributed by atoms with E-state index in [1.165, 1.54) is 0 Å².